The Labute approximate surface area is 146 Å². The van der Waals surface area contributed by atoms with Crippen molar-refractivity contribution in [1.29, 1.82) is 0 Å². The van der Waals surface area contributed by atoms with E-state index in [2.05, 4.69) is 4.98 Å². The molecular weight excluding hydrogens is 345 g/mol. The summed E-state index contributed by atoms with van der Waals surface area (Å²) in [6.45, 7) is 1.44. The number of carbonyl (C=O) groups is 1. The van der Waals surface area contributed by atoms with Crippen LogP contribution in [0.5, 0.6) is 0 Å². The van der Waals surface area contributed by atoms with Gasteiger partial charge in [-0.25, -0.2) is 12.8 Å². The average molecular weight is 365 g/mol. The fourth-order valence-corrected chi connectivity index (χ4v) is 4.36. The molecular formula is C17H20FN3O3S. The zero-order valence-electron chi connectivity index (χ0n) is 13.7. The molecule has 0 atom stereocenters. The molecule has 6 nitrogen and oxygen atoms in total. The maximum Gasteiger partial charge on any atom is 0.243 e. The number of amides is 1. The average Bonchev–Trinajstić information content (AvgIpc) is 2.95. The quantitative estimate of drug-likeness (QED) is 0.895. The van der Waals surface area contributed by atoms with Gasteiger partial charge < -0.3 is 9.88 Å². The van der Waals surface area contributed by atoms with Crippen molar-refractivity contribution in [2.24, 2.45) is 0 Å². The second kappa shape index (κ2) is 7.37. The summed E-state index contributed by atoms with van der Waals surface area (Å²) in [4.78, 5) is 17.1. The van der Waals surface area contributed by atoms with Gasteiger partial charge in [-0.05, 0) is 42.8 Å². The highest BCUT2D eigenvalue weighted by Crippen LogP contribution is 2.18. The summed E-state index contributed by atoms with van der Waals surface area (Å²) in [5.41, 5.74) is 0.838. The Kier molecular flexibility index (Phi) is 5.19. The van der Waals surface area contributed by atoms with Crippen LogP contribution >= 0.6 is 0 Å². The molecule has 1 aromatic heterocycles. The zero-order valence-corrected chi connectivity index (χ0v) is 14.5. The molecule has 8 heteroatoms. The standard InChI is InChI=1S/C17H20FN3O3S/c18-14-4-6-16(7-5-14)25(23,24)21-10-2-9-20(11-12-21)17(22)13-15-3-1-8-19-15/h1,3-8,19H,2,9-13H2. The fourth-order valence-electron chi connectivity index (χ4n) is 2.89. The van der Waals surface area contributed by atoms with Crippen molar-refractivity contribution in [3.05, 3.63) is 54.1 Å². The van der Waals surface area contributed by atoms with Crippen LogP contribution in [0, 0.1) is 5.82 Å². The van der Waals surface area contributed by atoms with Gasteiger partial charge in [0.2, 0.25) is 15.9 Å². The van der Waals surface area contributed by atoms with Gasteiger partial charge in [0.25, 0.3) is 0 Å². The Hall–Kier alpha value is -2.19. The monoisotopic (exact) mass is 365 g/mol. The van der Waals surface area contributed by atoms with E-state index < -0.39 is 15.8 Å². The number of rotatable bonds is 4. The van der Waals surface area contributed by atoms with E-state index in [1.807, 2.05) is 12.1 Å². The third kappa shape index (κ3) is 4.08. The summed E-state index contributed by atoms with van der Waals surface area (Å²) in [6.07, 6.45) is 2.61. The molecule has 1 amide bonds. The van der Waals surface area contributed by atoms with Gasteiger partial charge in [0.05, 0.1) is 11.3 Å². The molecule has 1 aliphatic rings. The summed E-state index contributed by atoms with van der Waals surface area (Å²) in [6, 6.07) is 8.49. The lowest BCUT2D eigenvalue weighted by atomic mass is 10.2. The molecule has 0 radical (unpaired) electrons. The molecule has 3 rings (SSSR count). The van der Waals surface area contributed by atoms with Crippen LogP contribution in [0.2, 0.25) is 0 Å². The van der Waals surface area contributed by atoms with Crippen molar-refractivity contribution in [1.82, 2.24) is 14.2 Å². The van der Waals surface area contributed by atoms with Crippen LogP contribution in [0.1, 0.15) is 12.1 Å². The molecule has 1 saturated heterocycles. The normalized spacial score (nSPS) is 16.6. The number of hydrogen-bond acceptors (Lipinski definition) is 3. The Morgan fingerprint density at radius 1 is 1.08 bits per heavy atom. The minimum Gasteiger partial charge on any atom is -0.365 e. The Balaban J connectivity index is 1.66. The van der Waals surface area contributed by atoms with E-state index >= 15 is 0 Å². The van der Waals surface area contributed by atoms with Gasteiger partial charge in [-0.2, -0.15) is 4.31 Å². The van der Waals surface area contributed by atoms with Gasteiger partial charge in [-0.3, -0.25) is 4.79 Å². The molecule has 0 spiro atoms. The summed E-state index contributed by atoms with van der Waals surface area (Å²) in [5, 5.41) is 0. The minimum absolute atomic E-state index is 0.0246. The molecule has 1 aromatic carbocycles. The molecule has 2 heterocycles. The SMILES string of the molecule is O=C(Cc1ccc[nH]1)N1CCCN(S(=O)(=O)c2ccc(F)cc2)CC1. The number of sulfonamides is 1. The number of H-pyrrole nitrogens is 1. The van der Waals surface area contributed by atoms with Crippen LogP contribution in [0.15, 0.2) is 47.5 Å². The second-order valence-electron chi connectivity index (χ2n) is 5.96. The number of halogens is 1. The largest absolute Gasteiger partial charge is 0.365 e. The highest BCUT2D eigenvalue weighted by Gasteiger charge is 2.28. The predicted molar refractivity (Wildman–Crippen MR) is 90.9 cm³/mol. The smallest absolute Gasteiger partial charge is 0.243 e. The van der Waals surface area contributed by atoms with E-state index in [1.165, 1.54) is 16.4 Å². The van der Waals surface area contributed by atoms with Crippen molar-refractivity contribution in [3.63, 3.8) is 0 Å². The first-order chi connectivity index (χ1) is 12.0. The number of carbonyl (C=O) groups excluding carboxylic acids is 1. The first-order valence-electron chi connectivity index (χ1n) is 8.12. The van der Waals surface area contributed by atoms with E-state index in [-0.39, 0.29) is 23.8 Å². The van der Waals surface area contributed by atoms with E-state index in [0.29, 0.717) is 26.1 Å². The topological polar surface area (TPSA) is 73.5 Å². The van der Waals surface area contributed by atoms with Gasteiger partial charge in [-0.1, -0.05) is 0 Å². The number of aromatic amines is 1. The van der Waals surface area contributed by atoms with Crippen molar-refractivity contribution >= 4 is 15.9 Å². The maximum absolute atomic E-state index is 13.0. The lowest BCUT2D eigenvalue weighted by Gasteiger charge is -2.22. The molecule has 25 heavy (non-hydrogen) atoms. The van der Waals surface area contributed by atoms with Gasteiger partial charge in [0.15, 0.2) is 0 Å². The van der Waals surface area contributed by atoms with E-state index in [1.54, 1.807) is 11.1 Å². The summed E-state index contributed by atoms with van der Waals surface area (Å²) in [5.74, 6) is -0.501. The van der Waals surface area contributed by atoms with Gasteiger partial charge in [-0.15, -0.1) is 0 Å². The maximum atomic E-state index is 13.0. The predicted octanol–water partition coefficient (Wildman–Crippen LogP) is 1.62. The highest BCUT2D eigenvalue weighted by atomic mass is 32.2. The number of nitrogens with zero attached hydrogens (tertiary/aromatic N) is 2. The first-order valence-corrected chi connectivity index (χ1v) is 9.56. The lowest BCUT2D eigenvalue weighted by molar-refractivity contribution is -0.130. The molecule has 1 aliphatic heterocycles. The summed E-state index contributed by atoms with van der Waals surface area (Å²) in [7, 11) is -3.68. The summed E-state index contributed by atoms with van der Waals surface area (Å²) >= 11 is 0. The van der Waals surface area contributed by atoms with Crippen LogP contribution in [0.4, 0.5) is 4.39 Å². The number of benzene rings is 1. The third-order valence-corrected chi connectivity index (χ3v) is 6.18. The summed E-state index contributed by atoms with van der Waals surface area (Å²) < 4.78 is 39.7. The molecule has 0 bridgehead atoms. The number of aromatic nitrogens is 1. The molecule has 0 saturated carbocycles. The Bertz CT molecular complexity index is 819. The second-order valence-corrected chi connectivity index (χ2v) is 7.90. The first kappa shape index (κ1) is 17.6. The Morgan fingerprint density at radius 3 is 2.52 bits per heavy atom. The molecule has 134 valence electrons. The molecule has 0 aliphatic carbocycles. The van der Waals surface area contributed by atoms with Gasteiger partial charge >= 0.3 is 0 Å². The van der Waals surface area contributed by atoms with Crippen molar-refractivity contribution < 1.29 is 17.6 Å². The van der Waals surface area contributed by atoms with E-state index in [0.717, 1.165) is 17.8 Å². The molecule has 1 fully saturated rings. The van der Waals surface area contributed by atoms with Gasteiger partial charge in [0.1, 0.15) is 5.82 Å². The number of nitrogens with one attached hydrogen (secondary N) is 1. The zero-order chi connectivity index (χ0) is 17.9. The van der Waals surface area contributed by atoms with Crippen molar-refractivity contribution in [2.75, 3.05) is 26.2 Å². The highest BCUT2D eigenvalue weighted by molar-refractivity contribution is 7.89. The van der Waals surface area contributed by atoms with Crippen LogP contribution in [0.3, 0.4) is 0 Å². The van der Waals surface area contributed by atoms with Crippen LogP contribution in [0.25, 0.3) is 0 Å². The Morgan fingerprint density at radius 2 is 1.84 bits per heavy atom. The van der Waals surface area contributed by atoms with Crippen LogP contribution in [-0.2, 0) is 21.2 Å². The van der Waals surface area contributed by atoms with Crippen LogP contribution < -0.4 is 0 Å². The molecule has 0 unspecified atom stereocenters. The van der Waals surface area contributed by atoms with Crippen LogP contribution in [-0.4, -0.2) is 54.7 Å². The van der Waals surface area contributed by atoms with Crippen molar-refractivity contribution in [2.45, 2.75) is 17.7 Å². The minimum atomic E-state index is -3.68. The van der Waals surface area contributed by atoms with Crippen molar-refractivity contribution in [3.8, 4) is 0 Å². The lowest BCUT2D eigenvalue weighted by Crippen LogP contribution is -2.38. The molecule has 1 N–H and O–H groups in total. The van der Waals surface area contributed by atoms with E-state index in [9.17, 15) is 17.6 Å². The molecule has 2 aromatic rings. The van der Waals surface area contributed by atoms with Gasteiger partial charge in [0, 0.05) is 38.1 Å². The van der Waals surface area contributed by atoms with E-state index in [4.69, 9.17) is 0 Å². The third-order valence-electron chi connectivity index (χ3n) is 4.26. The fraction of sp³-hybridized carbons (Fsp3) is 0.353. The number of hydrogen-bond donors (Lipinski definition) is 1.